The molecule has 0 saturated carbocycles. The van der Waals surface area contributed by atoms with Crippen molar-refractivity contribution < 1.29 is 22.8 Å². The highest BCUT2D eigenvalue weighted by Crippen LogP contribution is 2.30. The molecule has 0 aliphatic carbocycles. The van der Waals surface area contributed by atoms with Crippen molar-refractivity contribution in [2.24, 2.45) is 0 Å². The molecule has 0 saturated heterocycles. The van der Waals surface area contributed by atoms with Gasteiger partial charge < -0.3 is 5.32 Å². The molecule has 152 valence electrons. The molecule has 2 aromatic carbocycles. The molecule has 0 fully saturated rings. The van der Waals surface area contributed by atoms with E-state index in [1.807, 2.05) is 0 Å². The van der Waals surface area contributed by atoms with Gasteiger partial charge in [-0.1, -0.05) is 6.07 Å². The Hall–Kier alpha value is -3.11. The number of halogens is 3. The fraction of sp³-hybridized carbons (Fsp3) is 0.100. The topological polar surface area (TPSA) is 72.0 Å². The van der Waals surface area contributed by atoms with E-state index in [4.69, 9.17) is 0 Å². The number of carbonyl (C=O) groups excluding carboxylic acids is 2. The summed E-state index contributed by atoms with van der Waals surface area (Å²) in [5, 5.41) is 4.89. The van der Waals surface area contributed by atoms with Crippen LogP contribution in [-0.2, 0) is 12.6 Å². The molecule has 2 aromatic heterocycles. The van der Waals surface area contributed by atoms with Gasteiger partial charge in [0.2, 0.25) is 0 Å². The lowest BCUT2D eigenvalue weighted by Gasteiger charge is -2.09. The number of anilines is 1. The van der Waals surface area contributed by atoms with Gasteiger partial charge in [-0.3, -0.25) is 9.59 Å². The summed E-state index contributed by atoms with van der Waals surface area (Å²) >= 11 is 2.65. The predicted molar refractivity (Wildman–Crippen MR) is 109 cm³/mol. The monoisotopic (exact) mass is 447 g/mol. The smallest absolute Gasteiger partial charge is 0.322 e. The maximum atomic E-state index is 12.9. The average Bonchev–Trinajstić information content (AvgIpc) is 3.36. The number of aromatic nitrogens is 2. The summed E-state index contributed by atoms with van der Waals surface area (Å²) < 4.78 is 39.3. The molecule has 4 aromatic rings. The van der Waals surface area contributed by atoms with Crippen LogP contribution in [0.2, 0.25) is 0 Å². The first-order valence-electron chi connectivity index (χ1n) is 8.59. The molecule has 0 bridgehead atoms. The number of ketones is 1. The Morgan fingerprint density at radius 2 is 1.93 bits per heavy atom. The third-order valence-electron chi connectivity index (χ3n) is 4.17. The molecule has 10 heteroatoms. The number of alkyl halides is 3. The second-order valence-electron chi connectivity index (χ2n) is 6.30. The zero-order valence-electron chi connectivity index (χ0n) is 15.1. The number of hydrogen-bond donors (Lipinski definition) is 1. The van der Waals surface area contributed by atoms with Gasteiger partial charge in [0.25, 0.3) is 5.91 Å². The fourth-order valence-electron chi connectivity index (χ4n) is 2.74. The van der Waals surface area contributed by atoms with Crippen LogP contribution in [-0.4, -0.2) is 21.7 Å². The van der Waals surface area contributed by atoms with E-state index in [9.17, 15) is 22.8 Å². The van der Waals surface area contributed by atoms with E-state index >= 15 is 0 Å². The van der Waals surface area contributed by atoms with E-state index in [0.717, 1.165) is 16.8 Å². The van der Waals surface area contributed by atoms with Crippen LogP contribution in [0.25, 0.3) is 10.2 Å². The van der Waals surface area contributed by atoms with Gasteiger partial charge in [0.05, 0.1) is 27.7 Å². The molecule has 0 aliphatic rings. The lowest BCUT2D eigenvalue weighted by atomic mass is 10.1. The summed E-state index contributed by atoms with van der Waals surface area (Å²) in [4.78, 5) is 33.0. The van der Waals surface area contributed by atoms with E-state index in [-0.39, 0.29) is 17.8 Å². The van der Waals surface area contributed by atoms with Gasteiger partial charge in [-0.05, 0) is 36.4 Å². The molecule has 0 unspecified atom stereocenters. The van der Waals surface area contributed by atoms with Crippen LogP contribution in [0.3, 0.4) is 0 Å². The number of nitrogens with zero attached hydrogens (tertiary/aromatic N) is 2. The number of Topliss-reactive ketones (excluding diaryl/α,β-unsaturated/α-hetero) is 1. The zero-order chi connectivity index (χ0) is 21.3. The summed E-state index contributed by atoms with van der Waals surface area (Å²) in [5.74, 6) is -0.780. The van der Waals surface area contributed by atoms with Crippen molar-refractivity contribution in [3.63, 3.8) is 0 Å². The Kier molecular flexibility index (Phi) is 5.35. The van der Waals surface area contributed by atoms with Gasteiger partial charge in [0.1, 0.15) is 10.7 Å². The number of fused-ring (bicyclic) bond motifs is 1. The minimum absolute atomic E-state index is 0.0937. The van der Waals surface area contributed by atoms with Crippen LogP contribution in [0.5, 0.6) is 0 Å². The van der Waals surface area contributed by atoms with Gasteiger partial charge >= 0.3 is 6.18 Å². The van der Waals surface area contributed by atoms with Crippen molar-refractivity contribution in [2.45, 2.75) is 12.6 Å². The van der Waals surface area contributed by atoms with Crippen molar-refractivity contribution in [1.82, 2.24) is 9.97 Å². The summed E-state index contributed by atoms with van der Waals surface area (Å²) in [6, 6.07) is 9.20. The molecule has 1 amide bonds. The summed E-state index contributed by atoms with van der Waals surface area (Å²) in [6.07, 6.45) is -4.40. The third-order valence-corrected chi connectivity index (χ3v) is 5.78. The summed E-state index contributed by atoms with van der Waals surface area (Å²) in [6.45, 7) is 0. The first-order chi connectivity index (χ1) is 14.3. The van der Waals surface area contributed by atoms with E-state index < -0.39 is 17.6 Å². The average molecular weight is 447 g/mol. The highest BCUT2D eigenvalue weighted by atomic mass is 32.1. The second kappa shape index (κ2) is 7.96. The van der Waals surface area contributed by atoms with Crippen molar-refractivity contribution in [1.29, 1.82) is 0 Å². The maximum Gasteiger partial charge on any atom is 0.416 e. The zero-order valence-corrected chi connectivity index (χ0v) is 16.7. The Labute approximate surface area is 176 Å². The van der Waals surface area contributed by atoms with Crippen molar-refractivity contribution in [3.05, 3.63) is 75.2 Å². The van der Waals surface area contributed by atoms with Gasteiger partial charge in [-0.2, -0.15) is 13.2 Å². The quantitative estimate of drug-likeness (QED) is 0.413. The van der Waals surface area contributed by atoms with Crippen LogP contribution < -0.4 is 5.32 Å². The van der Waals surface area contributed by atoms with E-state index in [1.165, 1.54) is 34.8 Å². The number of carbonyl (C=O) groups is 2. The van der Waals surface area contributed by atoms with Crippen molar-refractivity contribution in [2.75, 3.05) is 5.32 Å². The lowest BCUT2D eigenvalue weighted by molar-refractivity contribution is -0.137. The molecule has 5 nitrogen and oxygen atoms in total. The first kappa shape index (κ1) is 20.2. The van der Waals surface area contributed by atoms with E-state index in [0.29, 0.717) is 21.9 Å². The number of rotatable bonds is 5. The normalized spacial score (nSPS) is 11.6. The molecule has 2 heterocycles. The highest BCUT2D eigenvalue weighted by molar-refractivity contribution is 7.18. The lowest BCUT2D eigenvalue weighted by Crippen LogP contribution is -2.13. The SMILES string of the molecule is O=C(Nc1ccc2nc(CC(=O)c3cscn3)sc2c1)c1cccc(C(F)(F)F)c1. The molecular weight excluding hydrogens is 435 g/mol. The summed E-state index contributed by atoms with van der Waals surface area (Å²) in [7, 11) is 0. The van der Waals surface area contributed by atoms with Crippen molar-refractivity contribution in [3.8, 4) is 0 Å². The minimum Gasteiger partial charge on any atom is -0.322 e. The second-order valence-corrected chi connectivity index (χ2v) is 8.13. The molecule has 0 aliphatic heterocycles. The Bertz CT molecular complexity index is 1230. The number of thiazole rings is 2. The predicted octanol–water partition coefficient (Wildman–Crippen LogP) is 5.45. The number of nitrogens with one attached hydrogen (secondary N) is 1. The fourth-order valence-corrected chi connectivity index (χ4v) is 4.31. The number of hydrogen-bond acceptors (Lipinski definition) is 6. The number of benzene rings is 2. The number of amides is 1. The Balaban J connectivity index is 1.51. The maximum absolute atomic E-state index is 12.9. The van der Waals surface area contributed by atoms with Crippen LogP contribution in [0.4, 0.5) is 18.9 Å². The van der Waals surface area contributed by atoms with Crippen LogP contribution in [0.15, 0.2) is 53.4 Å². The first-order valence-corrected chi connectivity index (χ1v) is 10.3. The molecule has 0 spiro atoms. The van der Waals surface area contributed by atoms with Crippen LogP contribution >= 0.6 is 22.7 Å². The van der Waals surface area contributed by atoms with Gasteiger partial charge in [0.15, 0.2) is 5.78 Å². The molecule has 0 atom stereocenters. The van der Waals surface area contributed by atoms with Crippen molar-refractivity contribution >= 4 is 50.3 Å². The molecule has 0 radical (unpaired) electrons. The van der Waals surface area contributed by atoms with E-state index in [2.05, 4.69) is 15.3 Å². The highest BCUT2D eigenvalue weighted by Gasteiger charge is 2.30. The van der Waals surface area contributed by atoms with Gasteiger partial charge in [0, 0.05) is 16.6 Å². The largest absolute Gasteiger partial charge is 0.416 e. The third kappa shape index (κ3) is 4.39. The molecular formula is C20H12F3N3O2S2. The van der Waals surface area contributed by atoms with Gasteiger partial charge in [-0.25, -0.2) is 9.97 Å². The van der Waals surface area contributed by atoms with Crippen LogP contribution in [0.1, 0.15) is 31.4 Å². The minimum atomic E-state index is -4.52. The van der Waals surface area contributed by atoms with Crippen LogP contribution in [0, 0.1) is 0 Å². The molecule has 4 rings (SSSR count). The van der Waals surface area contributed by atoms with Gasteiger partial charge in [-0.15, -0.1) is 22.7 Å². The Morgan fingerprint density at radius 3 is 2.67 bits per heavy atom. The van der Waals surface area contributed by atoms with E-state index in [1.54, 1.807) is 29.1 Å². The summed E-state index contributed by atoms with van der Waals surface area (Å²) in [5.41, 5.74) is 2.09. The molecule has 30 heavy (non-hydrogen) atoms. The Morgan fingerprint density at radius 1 is 1.10 bits per heavy atom. The standard InChI is InChI=1S/C20H12F3N3O2S2/c21-20(22,23)12-3-1-2-11(6-12)19(28)25-13-4-5-14-17(7-13)30-18(26-14)8-16(27)15-9-29-10-24-15/h1-7,9-10H,8H2,(H,25,28). The molecule has 1 N–H and O–H groups in total.